The first-order valence-corrected chi connectivity index (χ1v) is 15.9. The fourth-order valence-corrected chi connectivity index (χ4v) is 7.36. The van der Waals surface area contributed by atoms with Crippen LogP contribution in [0.1, 0.15) is 0 Å². The Morgan fingerprint density at radius 2 is 0.630 bits per heavy atom. The van der Waals surface area contributed by atoms with Gasteiger partial charge in [0.25, 0.3) is 0 Å². The maximum Gasteiger partial charge on any atom is -0.00201 e. The maximum absolute atomic E-state index is 2.40. The average Bonchev–Trinajstić information content (AvgIpc) is 3.14. The SMILES string of the molecule is c1ccc(-c2cccc(-c3c(-c4cccc(-c5cc6ccccc6c6ccccc56)c4)c4ccccc4c4ccccc34)c2)cc1. The highest BCUT2D eigenvalue weighted by Crippen LogP contribution is 2.46. The van der Waals surface area contributed by atoms with Crippen LogP contribution in [-0.2, 0) is 0 Å². The van der Waals surface area contributed by atoms with E-state index in [4.69, 9.17) is 0 Å². The molecule has 214 valence electrons. The molecule has 0 aliphatic heterocycles. The van der Waals surface area contributed by atoms with Crippen LogP contribution < -0.4 is 0 Å². The molecule has 0 radical (unpaired) electrons. The van der Waals surface area contributed by atoms with Gasteiger partial charge in [0, 0.05) is 0 Å². The van der Waals surface area contributed by atoms with Crippen LogP contribution in [0.25, 0.3) is 87.6 Å². The lowest BCUT2D eigenvalue weighted by atomic mass is 9.83. The first-order chi connectivity index (χ1) is 22.8. The Bertz CT molecular complexity index is 2570. The minimum absolute atomic E-state index is 1.22. The predicted molar refractivity (Wildman–Crippen MR) is 198 cm³/mol. The molecule has 0 aliphatic carbocycles. The number of hydrogen-bond donors (Lipinski definition) is 0. The fourth-order valence-electron chi connectivity index (χ4n) is 7.36. The maximum atomic E-state index is 2.40. The molecule has 46 heavy (non-hydrogen) atoms. The molecule has 9 aromatic rings. The molecule has 0 bridgehead atoms. The van der Waals surface area contributed by atoms with E-state index in [1.165, 1.54) is 87.6 Å². The Balaban J connectivity index is 1.35. The summed E-state index contributed by atoms with van der Waals surface area (Å²) < 4.78 is 0. The number of benzene rings is 9. The molecule has 0 nitrogen and oxygen atoms in total. The van der Waals surface area contributed by atoms with Crippen molar-refractivity contribution in [3.05, 3.63) is 182 Å². The van der Waals surface area contributed by atoms with Crippen LogP contribution >= 0.6 is 0 Å². The Morgan fingerprint density at radius 1 is 0.217 bits per heavy atom. The fraction of sp³-hybridized carbons (Fsp3) is 0. The summed E-state index contributed by atoms with van der Waals surface area (Å²) in [6.45, 7) is 0. The summed E-state index contributed by atoms with van der Waals surface area (Å²) in [6, 6.07) is 66.6. The molecule has 9 aromatic carbocycles. The van der Waals surface area contributed by atoms with Gasteiger partial charge in [-0.05, 0) is 106 Å². The van der Waals surface area contributed by atoms with Gasteiger partial charge >= 0.3 is 0 Å². The molecular weight excluding hydrogens is 553 g/mol. The summed E-state index contributed by atoms with van der Waals surface area (Å²) in [5.41, 5.74) is 9.91. The van der Waals surface area contributed by atoms with Gasteiger partial charge in [-0.3, -0.25) is 0 Å². The third kappa shape index (κ3) is 4.30. The third-order valence-electron chi connectivity index (χ3n) is 9.42. The summed E-state index contributed by atoms with van der Waals surface area (Å²) in [6.07, 6.45) is 0. The van der Waals surface area contributed by atoms with E-state index < -0.39 is 0 Å². The topological polar surface area (TPSA) is 0 Å². The molecule has 0 saturated heterocycles. The smallest absolute Gasteiger partial charge is 0.00201 e. The first kappa shape index (κ1) is 26.4. The zero-order chi connectivity index (χ0) is 30.5. The van der Waals surface area contributed by atoms with Crippen molar-refractivity contribution in [2.75, 3.05) is 0 Å². The van der Waals surface area contributed by atoms with E-state index in [2.05, 4.69) is 182 Å². The van der Waals surface area contributed by atoms with Gasteiger partial charge < -0.3 is 0 Å². The second-order valence-electron chi connectivity index (χ2n) is 12.1. The molecule has 0 heteroatoms. The van der Waals surface area contributed by atoms with E-state index in [1.807, 2.05) is 0 Å². The molecule has 0 N–H and O–H groups in total. The van der Waals surface area contributed by atoms with Gasteiger partial charge in [-0.25, -0.2) is 0 Å². The lowest BCUT2D eigenvalue weighted by molar-refractivity contribution is 1.59. The lowest BCUT2D eigenvalue weighted by Crippen LogP contribution is -1.93. The van der Waals surface area contributed by atoms with Gasteiger partial charge in [-0.1, -0.05) is 164 Å². The molecule has 9 rings (SSSR count). The van der Waals surface area contributed by atoms with Crippen molar-refractivity contribution in [3.8, 4) is 44.5 Å². The highest BCUT2D eigenvalue weighted by molar-refractivity contribution is 6.22. The molecule has 0 spiro atoms. The first-order valence-electron chi connectivity index (χ1n) is 15.9. The number of hydrogen-bond acceptors (Lipinski definition) is 0. The number of rotatable bonds is 4. The quantitative estimate of drug-likeness (QED) is 0.181. The molecule has 0 atom stereocenters. The molecule has 0 amide bonds. The van der Waals surface area contributed by atoms with Crippen LogP contribution in [-0.4, -0.2) is 0 Å². The van der Waals surface area contributed by atoms with Crippen molar-refractivity contribution < 1.29 is 0 Å². The van der Waals surface area contributed by atoms with E-state index in [9.17, 15) is 0 Å². The summed E-state index contributed by atoms with van der Waals surface area (Å²) >= 11 is 0. The van der Waals surface area contributed by atoms with Crippen LogP contribution in [0.3, 0.4) is 0 Å². The third-order valence-corrected chi connectivity index (χ3v) is 9.42. The summed E-state index contributed by atoms with van der Waals surface area (Å²) in [4.78, 5) is 0. The van der Waals surface area contributed by atoms with Crippen molar-refractivity contribution >= 4 is 43.1 Å². The van der Waals surface area contributed by atoms with Crippen LogP contribution in [0.15, 0.2) is 182 Å². The van der Waals surface area contributed by atoms with Crippen molar-refractivity contribution in [2.24, 2.45) is 0 Å². The average molecular weight is 583 g/mol. The Kier molecular flexibility index (Phi) is 6.25. The second kappa shape index (κ2) is 10.9. The van der Waals surface area contributed by atoms with Gasteiger partial charge in [-0.2, -0.15) is 0 Å². The van der Waals surface area contributed by atoms with E-state index in [0.717, 1.165) is 0 Å². The summed E-state index contributed by atoms with van der Waals surface area (Å²) in [7, 11) is 0. The highest BCUT2D eigenvalue weighted by atomic mass is 14.2. The number of fused-ring (bicyclic) bond motifs is 6. The van der Waals surface area contributed by atoms with Crippen molar-refractivity contribution in [2.45, 2.75) is 0 Å². The predicted octanol–water partition coefficient (Wildman–Crippen LogP) is 13.0. The largest absolute Gasteiger partial charge is 0.0622 e. The summed E-state index contributed by atoms with van der Waals surface area (Å²) in [5, 5.41) is 10.2. The van der Waals surface area contributed by atoms with E-state index in [1.54, 1.807) is 0 Å². The van der Waals surface area contributed by atoms with E-state index >= 15 is 0 Å². The molecule has 0 aromatic heterocycles. The van der Waals surface area contributed by atoms with Gasteiger partial charge in [0.1, 0.15) is 0 Å². The Labute approximate surface area is 268 Å². The van der Waals surface area contributed by atoms with Crippen molar-refractivity contribution in [3.63, 3.8) is 0 Å². The van der Waals surface area contributed by atoms with E-state index in [0.29, 0.717) is 0 Å². The van der Waals surface area contributed by atoms with E-state index in [-0.39, 0.29) is 0 Å². The monoisotopic (exact) mass is 582 g/mol. The second-order valence-corrected chi connectivity index (χ2v) is 12.1. The van der Waals surface area contributed by atoms with Crippen LogP contribution in [0.2, 0.25) is 0 Å². The van der Waals surface area contributed by atoms with Gasteiger partial charge in [-0.15, -0.1) is 0 Å². The minimum Gasteiger partial charge on any atom is -0.0622 e. The minimum atomic E-state index is 1.22. The molecule has 0 saturated carbocycles. The van der Waals surface area contributed by atoms with Gasteiger partial charge in [0.2, 0.25) is 0 Å². The zero-order valence-corrected chi connectivity index (χ0v) is 25.3. The lowest BCUT2D eigenvalue weighted by Gasteiger charge is -2.20. The van der Waals surface area contributed by atoms with Crippen molar-refractivity contribution in [1.82, 2.24) is 0 Å². The van der Waals surface area contributed by atoms with Crippen LogP contribution in [0.5, 0.6) is 0 Å². The van der Waals surface area contributed by atoms with Gasteiger partial charge in [0.05, 0.1) is 0 Å². The molecule has 0 aliphatic rings. The molecule has 0 fully saturated rings. The van der Waals surface area contributed by atoms with Crippen LogP contribution in [0, 0.1) is 0 Å². The molecule has 0 heterocycles. The molecular formula is C46H30. The Morgan fingerprint density at radius 3 is 1.26 bits per heavy atom. The standard InChI is InChI=1S/C46H30/c1-2-14-31(15-3-1)32-17-12-19-35(28-32)45-42-26-10-8-23-39(42)40-24-9-11-27-43(40)46(45)36-20-13-18-33(29-36)44-30-34-16-4-5-21-37(34)38-22-6-7-25-41(38)44/h1-30H. The Hall–Kier alpha value is -5.98. The zero-order valence-electron chi connectivity index (χ0n) is 25.3. The van der Waals surface area contributed by atoms with Crippen molar-refractivity contribution in [1.29, 1.82) is 0 Å². The highest BCUT2D eigenvalue weighted by Gasteiger charge is 2.19. The normalized spacial score (nSPS) is 11.5. The molecule has 0 unspecified atom stereocenters. The summed E-state index contributed by atoms with van der Waals surface area (Å²) in [5.74, 6) is 0. The van der Waals surface area contributed by atoms with Crippen LogP contribution in [0.4, 0.5) is 0 Å². The van der Waals surface area contributed by atoms with Gasteiger partial charge in [0.15, 0.2) is 0 Å².